The molecule has 22 heavy (non-hydrogen) atoms. The Kier molecular flexibility index (Phi) is 4.86. The molecule has 0 heterocycles. The summed E-state index contributed by atoms with van der Waals surface area (Å²) in [4.78, 5) is 12.3. The summed E-state index contributed by atoms with van der Waals surface area (Å²) in [6, 6.07) is 11.8. The first kappa shape index (κ1) is 16.1. The molecule has 2 aromatic rings. The van der Waals surface area contributed by atoms with Gasteiger partial charge in [-0.1, -0.05) is 29.8 Å². The largest absolute Gasteiger partial charge is 0.481 e. The van der Waals surface area contributed by atoms with E-state index in [1.807, 2.05) is 64.1 Å². The van der Waals surface area contributed by atoms with Gasteiger partial charge in [0, 0.05) is 5.69 Å². The lowest BCUT2D eigenvalue weighted by Crippen LogP contribution is -2.30. The summed E-state index contributed by atoms with van der Waals surface area (Å²) in [6.07, 6.45) is -0.554. The van der Waals surface area contributed by atoms with Crippen molar-refractivity contribution in [3.05, 3.63) is 58.7 Å². The third kappa shape index (κ3) is 3.67. The summed E-state index contributed by atoms with van der Waals surface area (Å²) in [5, 5.41) is 2.94. The predicted octanol–water partition coefficient (Wildman–Crippen LogP) is 4.33. The Morgan fingerprint density at radius 2 is 1.77 bits per heavy atom. The Labute approximate surface area is 132 Å². The van der Waals surface area contributed by atoms with E-state index < -0.39 is 6.10 Å². The van der Waals surface area contributed by atoms with Gasteiger partial charge in [-0.2, -0.15) is 0 Å². The van der Waals surface area contributed by atoms with Gasteiger partial charge in [0.15, 0.2) is 6.10 Å². The number of amides is 1. The van der Waals surface area contributed by atoms with Gasteiger partial charge in [0.05, 0.1) is 0 Å². The molecule has 1 amide bonds. The van der Waals surface area contributed by atoms with Crippen LogP contribution in [-0.4, -0.2) is 12.0 Å². The zero-order valence-electron chi connectivity index (χ0n) is 13.9. The van der Waals surface area contributed by atoms with Crippen LogP contribution in [0, 0.1) is 27.7 Å². The lowest BCUT2D eigenvalue weighted by molar-refractivity contribution is -0.122. The van der Waals surface area contributed by atoms with Crippen molar-refractivity contribution in [1.29, 1.82) is 0 Å². The van der Waals surface area contributed by atoms with E-state index in [0.717, 1.165) is 28.1 Å². The molecule has 0 aliphatic rings. The number of carbonyl (C=O) groups excluding carboxylic acids is 1. The Morgan fingerprint density at radius 1 is 1.05 bits per heavy atom. The van der Waals surface area contributed by atoms with Crippen molar-refractivity contribution in [2.24, 2.45) is 0 Å². The molecule has 0 radical (unpaired) electrons. The minimum Gasteiger partial charge on any atom is -0.481 e. The number of benzene rings is 2. The standard InChI is InChI=1S/C19H23NO2/c1-12-9-10-18(14(3)11-12)22-16(5)19(21)20-17-8-6-7-13(2)15(17)4/h6-11,16H,1-5H3,(H,20,21)/t16-/m0/s1. The normalized spacial score (nSPS) is 11.9. The minimum absolute atomic E-state index is 0.145. The van der Waals surface area contributed by atoms with E-state index in [1.165, 1.54) is 5.56 Å². The molecule has 1 atom stereocenters. The number of nitrogens with one attached hydrogen (secondary N) is 1. The van der Waals surface area contributed by atoms with Crippen molar-refractivity contribution in [3.8, 4) is 5.75 Å². The van der Waals surface area contributed by atoms with Crippen molar-refractivity contribution in [3.63, 3.8) is 0 Å². The molecule has 116 valence electrons. The Bertz CT molecular complexity index is 692. The third-order valence-electron chi connectivity index (χ3n) is 3.87. The second-order valence-corrected chi connectivity index (χ2v) is 5.77. The zero-order valence-corrected chi connectivity index (χ0v) is 13.9. The fourth-order valence-electron chi connectivity index (χ4n) is 2.30. The van der Waals surface area contributed by atoms with Crippen LogP contribution in [0.4, 0.5) is 5.69 Å². The highest BCUT2D eigenvalue weighted by Gasteiger charge is 2.16. The van der Waals surface area contributed by atoms with Crippen molar-refractivity contribution < 1.29 is 9.53 Å². The summed E-state index contributed by atoms with van der Waals surface area (Å²) in [7, 11) is 0. The highest BCUT2D eigenvalue weighted by atomic mass is 16.5. The van der Waals surface area contributed by atoms with Gasteiger partial charge in [0.25, 0.3) is 5.91 Å². The molecule has 0 aliphatic carbocycles. The molecule has 0 bridgehead atoms. The van der Waals surface area contributed by atoms with E-state index in [1.54, 1.807) is 6.92 Å². The second kappa shape index (κ2) is 6.65. The Balaban J connectivity index is 2.07. The molecule has 0 unspecified atom stereocenters. The molecule has 1 N–H and O–H groups in total. The molecule has 3 nitrogen and oxygen atoms in total. The highest BCUT2D eigenvalue weighted by molar-refractivity contribution is 5.94. The van der Waals surface area contributed by atoms with Crippen molar-refractivity contribution >= 4 is 11.6 Å². The molecular formula is C19H23NO2. The van der Waals surface area contributed by atoms with Crippen LogP contribution in [0.25, 0.3) is 0 Å². The van der Waals surface area contributed by atoms with E-state index in [-0.39, 0.29) is 5.91 Å². The average molecular weight is 297 g/mol. The smallest absolute Gasteiger partial charge is 0.265 e. The Hall–Kier alpha value is -2.29. The van der Waals surface area contributed by atoms with Gasteiger partial charge in [-0.05, 0) is 63.4 Å². The maximum atomic E-state index is 12.3. The first-order valence-electron chi connectivity index (χ1n) is 7.49. The molecule has 0 saturated carbocycles. The van der Waals surface area contributed by atoms with Crippen LogP contribution in [0.1, 0.15) is 29.2 Å². The fraction of sp³-hybridized carbons (Fsp3) is 0.316. The van der Waals surface area contributed by atoms with E-state index in [9.17, 15) is 4.79 Å². The van der Waals surface area contributed by atoms with Crippen LogP contribution in [0.3, 0.4) is 0 Å². The molecule has 2 aromatic carbocycles. The van der Waals surface area contributed by atoms with Crippen LogP contribution in [0.15, 0.2) is 36.4 Å². The number of hydrogen-bond donors (Lipinski definition) is 1. The minimum atomic E-state index is -0.554. The van der Waals surface area contributed by atoms with Gasteiger partial charge < -0.3 is 10.1 Å². The number of aryl methyl sites for hydroxylation is 3. The van der Waals surface area contributed by atoms with E-state index in [2.05, 4.69) is 5.32 Å². The summed E-state index contributed by atoms with van der Waals surface area (Å²) in [6.45, 7) is 9.81. The number of anilines is 1. The molecule has 3 heteroatoms. The molecule has 0 fully saturated rings. The molecule has 0 saturated heterocycles. The first-order chi connectivity index (χ1) is 10.4. The van der Waals surface area contributed by atoms with Crippen LogP contribution in [0.2, 0.25) is 0 Å². The van der Waals surface area contributed by atoms with Gasteiger partial charge >= 0.3 is 0 Å². The van der Waals surface area contributed by atoms with Gasteiger partial charge in [0.1, 0.15) is 5.75 Å². The monoisotopic (exact) mass is 297 g/mol. The summed E-state index contributed by atoms with van der Waals surface area (Å²) >= 11 is 0. The van der Waals surface area contributed by atoms with E-state index in [4.69, 9.17) is 4.74 Å². The van der Waals surface area contributed by atoms with Crippen molar-refractivity contribution in [2.75, 3.05) is 5.32 Å². The summed E-state index contributed by atoms with van der Waals surface area (Å²) in [5.41, 5.74) is 5.28. The molecule has 2 rings (SSSR count). The Morgan fingerprint density at radius 3 is 2.45 bits per heavy atom. The average Bonchev–Trinajstić information content (AvgIpc) is 2.46. The van der Waals surface area contributed by atoms with Gasteiger partial charge in [0.2, 0.25) is 0 Å². The number of ether oxygens (including phenoxy) is 1. The van der Waals surface area contributed by atoms with Gasteiger partial charge in [-0.3, -0.25) is 4.79 Å². The van der Waals surface area contributed by atoms with Gasteiger partial charge in [-0.25, -0.2) is 0 Å². The number of hydrogen-bond acceptors (Lipinski definition) is 2. The predicted molar refractivity (Wildman–Crippen MR) is 90.6 cm³/mol. The maximum Gasteiger partial charge on any atom is 0.265 e. The molecular weight excluding hydrogens is 274 g/mol. The zero-order chi connectivity index (χ0) is 16.3. The van der Waals surface area contributed by atoms with Crippen LogP contribution >= 0.6 is 0 Å². The van der Waals surface area contributed by atoms with Gasteiger partial charge in [-0.15, -0.1) is 0 Å². The topological polar surface area (TPSA) is 38.3 Å². The van der Waals surface area contributed by atoms with Crippen LogP contribution < -0.4 is 10.1 Å². The maximum absolute atomic E-state index is 12.3. The fourth-order valence-corrected chi connectivity index (χ4v) is 2.30. The quantitative estimate of drug-likeness (QED) is 0.912. The third-order valence-corrected chi connectivity index (χ3v) is 3.87. The molecule has 0 aliphatic heterocycles. The van der Waals surface area contributed by atoms with Crippen molar-refractivity contribution in [2.45, 2.75) is 40.7 Å². The lowest BCUT2D eigenvalue weighted by atomic mass is 10.1. The first-order valence-corrected chi connectivity index (χ1v) is 7.49. The second-order valence-electron chi connectivity index (χ2n) is 5.77. The molecule has 0 aromatic heterocycles. The lowest BCUT2D eigenvalue weighted by Gasteiger charge is -2.17. The highest BCUT2D eigenvalue weighted by Crippen LogP contribution is 2.21. The SMILES string of the molecule is Cc1ccc(O[C@@H](C)C(=O)Nc2cccc(C)c2C)c(C)c1. The summed E-state index contributed by atoms with van der Waals surface area (Å²) in [5.74, 6) is 0.600. The van der Waals surface area contributed by atoms with Crippen molar-refractivity contribution in [1.82, 2.24) is 0 Å². The van der Waals surface area contributed by atoms with Crippen LogP contribution in [-0.2, 0) is 4.79 Å². The van der Waals surface area contributed by atoms with Crippen LogP contribution in [0.5, 0.6) is 5.75 Å². The summed E-state index contributed by atoms with van der Waals surface area (Å²) < 4.78 is 5.79. The van der Waals surface area contributed by atoms with E-state index >= 15 is 0 Å². The number of rotatable bonds is 4. The number of carbonyl (C=O) groups is 1. The molecule has 0 spiro atoms. The van der Waals surface area contributed by atoms with E-state index in [0.29, 0.717) is 0 Å².